The van der Waals surface area contributed by atoms with Gasteiger partial charge in [-0.3, -0.25) is 4.72 Å². The highest BCUT2D eigenvalue weighted by Gasteiger charge is 2.16. The highest BCUT2D eigenvalue weighted by molar-refractivity contribution is 7.92. The van der Waals surface area contributed by atoms with E-state index in [1.165, 1.54) is 12.1 Å². The van der Waals surface area contributed by atoms with Crippen LogP contribution in [0.5, 0.6) is 0 Å². The molecule has 0 fully saturated rings. The van der Waals surface area contributed by atoms with Gasteiger partial charge in [0.05, 0.1) is 10.6 Å². The monoisotopic (exact) mass is 307 g/mol. The van der Waals surface area contributed by atoms with Crippen molar-refractivity contribution in [2.75, 3.05) is 4.72 Å². The predicted molar refractivity (Wildman–Crippen MR) is 77.5 cm³/mol. The second-order valence-corrected chi connectivity index (χ2v) is 6.26. The SMILES string of the molecule is O=S(=O)(Nc1cccn2ccnc12)c1cccc(Cl)c1. The van der Waals surface area contributed by atoms with Gasteiger partial charge < -0.3 is 4.40 Å². The molecule has 7 heteroatoms. The molecule has 0 aliphatic heterocycles. The van der Waals surface area contributed by atoms with E-state index in [1.54, 1.807) is 47.3 Å². The van der Waals surface area contributed by atoms with Crippen molar-refractivity contribution in [1.29, 1.82) is 0 Å². The van der Waals surface area contributed by atoms with Crippen LogP contribution in [0, 0.1) is 0 Å². The summed E-state index contributed by atoms with van der Waals surface area (Å²) in [5.74, 6) is 0. The lowest BCUT2D eigenvalue weighted by molar-refractivity contribution is 0.601. The number of rotatable bonds is 3. The molecule has 0 unspecified atom stereocenters. The van der Waals surface area contributed by atoms with Gasteiger partial charge in [0.15, 0.2) is 5.65 Å². The van der Waals surface area contributed by atoms with E-state index in [4.69, 9.17) is 11.6 Å². The van der Waals surface area contributed by atoms with E-state index < -0.39 is 10.0 Å². The molecule has 102 valence electrons. The third kappa shape index (κ3) is 2.35. The summed E-state index contributed by atoms with van der Waals surface area (Å²) >= 11 is 5.82. The van der Waals surface area contributed by atoms with E-state index in [2.05, 4.69) is 9.71 Å². The van der Waals surface area contributed by atoms with Crippen molar-refractivity contribution in [3.8, 4) is 0 Å². The average molecular weight is 308 g/mol. The minimum atomic E-state index is -3.69. The molecule has 2 aromatic heterocycles. The lowest BCUT2D eigenvalue weighted by atomic mass is 10.4. The van der Waals surface area contributed by atoms with Crippen molar-refractivity contribution in [3.63, 3.8) is 0 Å². The molecule has 0 radical (unpaired) electrons. The van der Waals surface area contributed by atoms with Gasteiger partial charge >= 0.3 is 0 Å². The Morgan fingerprint density at radius 2 is 2.00 bits per heavy atom. The predicted octanol–water partition coefficient (Wildman–Crippen LogP) is 2.79. The summed E-state index contributed by atoms with van der Waals surface area (Å²) in [5, 5.41) is 0.367. The Balaban J connectivity index is 2.04. The molecule has 1 N–H and O–H groups in total. The van der Waals surface area contributed by atoms with E-state index in [0.717, 1.165) is 0 Å². The molecular weight excluding hydrogens is 298 g/mol. The molecule has 0 bridgehead atoms. The van der Waals surface area contributed by atoms with Gasteiger partial charge in [0.2, 0.25) is 0 Å². The number of aromatic nitrogens is 2. The Labute approximate surface area is 120 Å². The van der Waals surface area contributed by atoms with Gasteiger partial charge in [-0.05, 0) is 30.3 Å². The van der Waals surface area contributed by atoms with Crippen LogP contribution < -0.4 is 4.72 Å². The van der Waals surface area contributed by atoms with Crippen LogP contribution in [-0.2, 0) is 10.0 Å². The van der Waals surface area contributed by atoms with Crippen LogP contribution >= 0.6 is 11.6 Å². The first-order chi connectivity index (χ1) is 9.56. The van der Waals surface area contributed by atoms with E-state index in [1.807, 2.05) is 0 Å². The summed E-state index contributed by atoms with van der Waals surface area (Å²) in [5.41, 5.74) is 0.954. The standard InChI is InChI=1S/C13H10ClN3O2S/c14-10-3-1-4-11(9-10)20(18,19)16-12-5-2-7-17-8-6-15-13(12)17/h1-9,16H. The van der Waals surface area contributed by atoms with E-state index >= 15 is 0 Å². The summed E-state index contributed by atoms with van der Waals surface area (Å²) in [7, 11) is -3.69. The van der Waals surface area contributed by atoms with Crippen molar-refractivity contribution >= 4 is 33.0 Å². The maximum absolute atomic E-state index is 12.3. The highest BCUT2D eigenvalue weighted by atomic mass is 35.5. The number of pyridine rings is 1. The molecule has 0 saturated heterocycles. The molecule has 0 aliphatic carbocycles. The summed E-state index contributed by atoms with van der Waals surface area (Å²) < 4.78 is 28.9. The Kier molecular flexibility index (Phi) is 3.11. The molecule has 0 saturated carbocycles. The van der Waals surface area contributed by atoms with Crippen LogP contribution in [0.15, 0.2) is 59.9 Å². The number of hydrogen-bond acceptors (Lipinski definition) is 3. The van der Waals surface area contributed by atoms with Gasteiger partial charge in [-0.25, -0.2) is 13.4 Å². The quantitative estimate of drug-likeness (QED) is 0.809. The van der Waals surface area contributed by atoms with Gasteiger partial charge in [-0.1, -0.05) is 17.7 Å². The number of nitrogens with zero attached hydrogens (tertiary/aromatic N) is 2. The van der Waals surface area contributed by atoms with Crippen molar-refractivity contribution in [2.24, 2.45) is 0 Å². The molecular formula is C13H10ClN3O2S. The molecule has 5 nitrogen and oxygen atoms in total. The molecule has 0 atom stereocenters. The van der Waals surface area contributed by atoms with Gasteiger partial charge in [0, 0.05) is 23.6 Å². The zero-order valence-electron chi connectivity index (χ0n) is 10.2. The molecule has 3 aromatic rings. The molecule has 2 heterocycles. The van der Waals surface area contributed by atoms with Crippen LogP contribution in [0.3, 0.4) is 0 Å². The van der Waals surface area contributed by atoms with Gasteiger partial charge in [-0.2, -0.15) is 0 Å². The number of fused-ring (bicyclic) bond motifs is 1. The number of benzene rings is 1. The Bertz CT molecular complexity index is 874. The normalized spacial score (nSPS) is 11.7. The number of halogens is 1. The second kappa shape index (κ2) is 4.81. The fourth-order valence-electron chi connectivity index (χ4n) is 1.87. The summed E-state index contributed by atoms with van der Waals surface area (Å²) in [6.45, 7) is 0. The van der Waals surface area contributed by atoms with Crippen molar-refractivity contribution in [1.82, 2.24) is 9.38 Å². The number of imidazole rings is 1. The third-order valence-electron chi connectivity index (χ3n) is 2.77. The minimum Gasteiger partial charge on any atom is -0.305 e. The highest BCUT2D eigenvalue weighted by Crippen LogP contribution is 2.21. The lowest BCUT2D eigenvalue weighted by Gasteiger charge is -2.09. The first kappa shape index (κ1) is 13.0. The van der Waals surface area contributed by atoms with Crippen molar-refractivity contribution < 1.29 is 8.42 Å². The van der Waals surface area contributed by atoms with Crippen LogP contribution in [0.2, 0.25) is 5.02 Å². The fraction of sp³-hybridized carbons (Fsp3) is 0. The number of sulfonamides is 1. The van der Waals surface area contributed by atoms with Crippen LogP contribution in [0.4, 0.5) is 5.69 Å². The maximum atomic E-state index is 12.3. The van der Waals surface area contributed by atoms with Crippen LogP contribution in [0.1, 0.15) is 0 Å². The number of hydrogen-bond donors (Lipinski definition) is 1. The molecule has 0 amide bonds. The molecule has 3 rings (SSSR count). The molecule has 1 aromatic carbocycles. The first-order valence-electron chi connectivity index (χ1n) is 5.76. The fourth-order valence-corrected chi connectivity index (χ4v) is 3.23. The number of nitrogens with one attached hydrogen (secondary N) is 1. The van der Waals surface area contributed by atoms with Crippen molar-refractivity contribution in [2.45, 2.75) is 4.90 Å². The largest absolute Gasteiger partial charge is 0.305 e. The van der Waals surface area contributed by atoms with Gasteiger partial charge in [0.1, 0.15) is 0 Å². The summed E-state index contributed by atoms with van der Waals surface area (Å²) in [6.07, 6.45) is 5.14. The van der Waals surface area contributed by atoms with E-state index in [9.17, 15) is 8.42 Å². The molecule has 20 heavy (non-hydrogen) atoms. The van der Waals surface area contributed by atoms with Crippen LogP contribution in [-0.4, -0.2) is 17.8 Å². The maximum Gasteiger partial charge on any atom is 0.262 e. The summed E-state index contributed by atoms with van der Waals surface area (Å²) in [4.78, 5) is 4.23. The Morgan fingerprint density at radius 3 is 2.80 bits per heavy atom. The Morgan fingerprint density at radius 1 is 1.15 bits per heavy atom. The second-order valence-electron chi connectivity index (χ2n) is 4.14. The first-order valence-corrected chi connectivity index (χ1v) is 7.62. The molecule has 0 aliphatic rings. The smallest absolute Gasteiger partial charge is 0.262 e. The third-order valence-corrected chi connectivity index (χ3v) is 4.37. The Hall–Kier alpha value is -2.05. The summed E-state index contributed by atoms with van der Waals surface area (Å²) in [6, 6.07) is 9.49. The van der Waals surface area contributed by atoms with E-state index in [0.29, 0.717) is 16.4 Å². The van der Waals surface area contributed by atoms with Crippen LogP contribution in [0.25, 0.3) is 5.65 Å². The minimum absolute atomic E-state index is 0.110. The number of anilines is 1. The topological polar surface area (TPSA) is 63.5 Å². The zero-order valence-corrected chi connectivity index (χ0v) is 11.8. The zero-order chi connectivity index (χ0) is 14.2. The van der Waals surface area contributed by atoms with Gasteiger partial charge in [0.25, 0.3) is 10.0 Å². The molecule has 0 spiro atoms. The lowest BCUT2D eigenvalue weighted by Crippen LogP contribution is -2.13. The van der Waals surface area contributed by atoms with Gasteiger partial charge in [-0.15, -0.1) is 0 Å². The van der Waals surface area contributed by atoms with Crippen molar-refractivity contribution in [3.05, 3.63) is 60.0 Å². The van der Waals surface area contributed by atoms with E-state index in [-0.39, 0.29) is 4.90 Å². The average Bonchev–Trinajstić information content (AvgIpc) is 2.88.